The van der Waals surface area contributed by atoms with E-state index in [1.807, 2.05) is 5.32 Å². The number of amides is 1. The fraction of sp³-hybridized carbons (Fsp3) is 0.300. The summed E-state index contributed by atoms with van der Waals surface area (Å²) in [6.45, 7) is -5.73. The van der Waals surface area contributed by atoms with Crippen molar-refractivity contribution in [2.45, 2.75) is 6.85 Å². The van der Waals surface area contributed by atoms with Crippen LogP contribution >= 0.6 is 15.9 Å². The molecule has 0 saturated heterocycles. The topological polar surface area (TPSA) is 38.3 Å². The van der Waals surface area contributed by atoms with Crippen molar-refractivity contribution in [1.82, 2.24) is 5.32 Å². The number of hydrogen-bond acceptors (Lipinski definition) is 2. The molecule has 1 N–H and O–H groups in total. The van der Waals surface area contributed by atoms with E-state index < -0.39 is 19.3 Å². The summed E-state index contributed by atoms with van der Waals surface area (Å²) in [5.74, 6) is -0.306. The molecule has 0 heterocycles. The van der Waals surface area contributed by atoms with Gasteiger partial charge in [-0.3, -0.25) is 4.79 Å². The zero-order valence-corrected chi connectivity index (χ0v) is 9.01. The summed E-state index contributed by atoms with van der Waals surface area (Å²) in [5.41, 5.74) is 0.126. The van der Waals surface area contributed by atoms with Gasteiger partial charge < -0.3 is 10.1 Å². The number of nitrogens with one attached hydrogen (secondary N) is 1. The van der Waals surface area contributed by atoms with E-state index in [-0.39, 0.29) is 5.56 Å². The fourth-order valence-corrected chi connectivity index (χ4v) is 1.48. The number of hydrogen-bond donors (Lipinski definition) is 1. The first kappa shape index (κ1) is 5.75. The van der Waals surface area contributed by atoms with Gasteiger partial charge in [0.05, 0.1) is 11.6 Å². The zero-order valence-electron chi connectivity index (χ0n) is 12.4. The maximum absolute atomic E-state index is 11.8. The molecular weight excluding hydrogens is 246 g/mol. The lowest BCUT2D eigenvalue weighted by atomic mass is 10.2. The van der Waals surface area contributed by atoms with Gasteiger partial charge in [-0.2, -0.15) is 0 Å². The molecule has 0 atom stereocenters. The Morgan fingerprint density at radius 2 is 2.57 bits per heavy atom. The SMILES string of the molecule is [2H]C([2H])([2H])C([2H])([2H])NC(=O)c1ccc(OC)c(Br)c1. The van der Waals surface area contributed by atoms with Gasteiger partial charge in [0.25, 0.3) is 5.91 Å². The molecule has 76 valence electrons. The van der Waals surface area contributed by atoms with Crippen molar-refractivity contribution in [2.75, 3.05) is 13.6 Å². The first-order valence-corrected chi connectivity index (χ1v) is 4.54. The van der Waals surface area contributed by atoms with Gasteiger partial charge in [0.1, 0.15) is 5.75 Å². The predicted molar refractivity (Wildman–Crippen MR) is 58.7 cm³/mol. The molecule has 0 radical (unpaired) electrons. The van der Waals surface area contributed by atoms with Crippen LogP contribution in [0.1, 0.15) is 24.1 Å². The lowest BCUT2D eigenvalue weighted by Gasteiger charge is -2.05. The molecule has 0 aliphatic carbocycles. The highest BCUT2D eigenvalue weighted by Crippen LogP contribution is 2.25. The number of carbonyl (C=O) groups excluding carboxylic acids is 1. The molecule has 0 aromatic heterocycles. The molecule has 1 amide bonds. The van der Waals surface area contributed by atoms with Crippen LogP contribution in [-0.4, -0.2) is 19.5 Å². The number of halogens is 1. The first-order valence-electron chi connectivity index (χ1n) is 6.24. The summed E-state index contributed by atoms with van der Waals surface area (Å²) in [5, 5.41) is 1.85. The van der Waals surface area contributed by atoms with Crippen LogP contribution in [-0.2, 0) is 0 Å². The van der Waals surface area contributed by atoms with Crippen molar-refractivity contribution in [1.29, 1.82) is 0 Å². The van der Waals surface area contributed by atoms with Crippen molar-refractivity contribution in [3.8, 4) is 5.75 Å². The van der Waals surface area contributed by atoms with Gasteiger partial charge in [0.15, 0.2) is 0 Å². The van der Waals surface area contributed by atoms with E-state index in [2.05, 4.69) is 15.9 Å². The van der Waals surface area contributed by atoms with Crippen molar-refractivity contribution in [2.24, 2.45) is 0 Å². The minimum absolute atomic E-state index is 0.126. The second-order valence-corrected chi connectivity index (χ2v) is 3.28. The van der Waals surface area contributed by atoms with Crippen molar-refractivity contribution in [3.05, 3.63) is 28.2 Å². The summed E-state index contributed by atoms with van der Waals surface area (Å²) in [6, 6.07) is 4.35. The Kier molecular flexibility index (Phi) is 2.06. The third kappa shape index (κ3) is 2.48. The van der Waals surface area contributed by atoms with Crippen LogP contribution < -0.4 is 10.1 Å². The summed E-state index contributed by atoms with van der Waals surface area (Å²) in [4.78, 5) is 11.8. The van der Waals surface area contributed by atoms with E-state index in [9.17, 15) is 4.79 Å². The van der Waals surface area contributed by atoms with Crippen LogP contribution in [0.5, 0.6) is 5.75 Å². The molecule has 0 spiro atoms. The fourth-order valence-electron chi connectivity index (χ4n) is 0.937. The quantitative estimate of drug-likeness (QED) is 0.907. The third-order valence-electron chi connectivity index (χ3n) is 1.59. The van der Waals surface area contributed by atoms with Crippen molar-refractivity contribution >= 4 is 21.8 Å². The molecular formula is C10H12BrNO2. The largest absolute Gasteiger partial charge is 0.496 e. The summed E-state index contributed by atoms with van der Waals surface area (Å²) >= 11 is 3.18. The van der Waals surface area contributed by atoms with Gasteiger partial charge in [-0.15, -0.1) is 0 Å². The van der Waals surface area contributed by atoms with Gasteiger partial charge >= 0.3 is 0 Å². The number of rotatable bonds is 3. The molecule has 1 rings (SSSR count). The minimum Gasteiger partial charge on any atom is -0.496 e. The molecule has 1 aromatic rings. The zero-order chi connectivity index (χ0) is 14.8. The molecule has 1 aromatic carbocycles. The Bertz CT molecular complexity index is 489. The van der Waals surface area contributed by atoms with Crippen LogP contribution in [0.15, 0.2) is 22.7 Å². The Hall–Kier alpha value is -1.03. The van der Waals surface area contributed by atoms with E-state index in [1.54, 1.807) is 0 Å². The normalized spacial score (nSPS) is 16.9. The van der Waals surface area contributed by atoms with E-state index in [0.717, 1.165) is 0 Å². The van der Waals surface area contributed by atoms with E-state index in [0.29, 0.717) is 10.2 Å². The first-order chi connectivity index (χ1) is 8.58. The van der Waals surface area contributed by atoms with Gasteiger partial charge in [-0.1, -0.05) is 0 Å². The number of carbonyl (C=O) groups is 1. The second kappa shape index (κ2) is 5.00. The number of ether oxygens (including phenoxy) is 1. The molecule has 4 heteroatoms. The average molecular weight is 263 g/mol. The van der Waals surface area contributed by atoms with Crippen molar-refractivity contribution < 1.29 is 16.4 Å². The Labute approximate surface area is 98.6 Å². The molecule has 0 aliphatic rings. The maximum atomic E-state index is 11.8. The average Bonchev–Trinajstić information content (AvgIpc) is 2.26. The highest BCUT2D eigenvalue weighted by molar-refractivity contribution is 9.10. The Morgan fingerprint density at radius 1 is 1.79 bits per heavy atom. The molecule has 0 aliphatic heterocycles. The van der Waals surface area contributed by atoms with Gasteiger partial charge in [0, 0.05) is 18.9 Å². The van der Waals surface area contributed by atoms with Crippen LogP contribution in [0.3, 0.4) is 0 Å². The van der Waals surface area contributed by atoms with Crippen LogP contribution in [0.4, 0.5) is 0 Å². The predicted octanol–water partition coefficient (Wildman–Crippen LogP) is 2.21. The Morgan fingerprint density at radius 3 is 3.14 bits per heavy atom. The van der Waals surface area contributed by atoms with Gasteiger partial charge in [-0.05, 0) is 41.0 Å². The summed E-state index contributed by atoms with van der Waals surface area (Å²) in [7, 11) is 1.47. The Balaban J connectivity index is 2.94. The van der Waals surface area contributed by atoms with Crippen LogP contribution in [0, 0.1) is 0 Å². The molecule has 0 fully saturated rings. The molecule has 0 saturated carbocycles. The van der Waals surface area contributed by atoms with E-state index in [4.69, 9.17) is 11.6 Å². The lowest BCUT2D eigenvalue weighted by molar-refractivity contribution is 0.0955. The highest BCUT2D eigenvalue weighted by atomic mass is 79.9. The maximum Gasteiger partial charge on any atom is 0.251 e. The van der Waals surface area contributed by atoms with Crippen LogP contribution in [0.25, 0.3) is 0 Å². The lowest BCUT2D eigenvalue weighted by Crippen LogP contribution is -2.22. The second-order valence-electron chi connectivity index (χ2n) is 2.43. The third-order valence-corrected chi connectivity index (χ3v) is 2.21. The van der Waals surface area contributed by atoms with Crippen LogP contribution in [0.2, 0.25) is 0 Å². The molecule has 0 bridgehead atoms. The smallest absolute Gasteiger partial charge is 0.251 e. The molecule has 14 heavy (non-hydrogen) atoms. The highest BCUT2D eigenvalue weighted by Gasteiger charge is 2.07. The van der Waals surface area contributed by atoms with E-state index in [1.165, 1.54) is 25.3 Å². The van der Waals surface area contributed by atoms with Crippen molar-refractivity contribution in [3.63, 3.8) is 0 Å². The monoisotopic (exact) mass is 262 g/mol. The minimum atomic E-state index is -2.94. The number of methoxy groups -OCH3 is 1. The summed E-state index contributed by atoms with van der Waals surface area (Å²) in [6.07, 6.45) is 0. The van der Waals surface area contributed by atoms with Gasteiger partial charge in [0.2, 0.25) is 0 Å². The molecule has 3 nitrogen and oxygen atoms in total. The molecule has 0 unspecified atom stereocenters. The van der Waals surface area contributed by atoms with E-state index >= 15 is 0 Å². The number of benzene rings is 1. The summed E-state index contributed by atoms with van der Waals surface area (Å²) < 4.78 is 41.2. The van der Waals surface area contributed by atoms with Gasteiger partial charge in [-0.25, -0.2) is 0 Å². The standard InChI is InChI=1S/C10H12BrNO2/c1-3-12-10(13)7-4-5-9(14-2)8(11)6-7/h4-6H,3H2,1-2H3,(H,12,13)/i1D3,3D2.